The summed E-state index contributed by atoms with van der Waals surface area (Å²) in [7, 11) is 0. The molecule has 0 spiro atoms. The maximum Gasteiger partial charge on any atom is 0.248 e. The zero-order chi connectivity index (χ0) is 13.0. The molecular formula is C13H13N3O2. The minimum Gasteiger partial charge on any atom is -0.366 e. The fraction of sp³-hybridized carbons (Fsp3) is 0.0769. The molecule has 3 N–H and O–H groups in total. The third-order valence-corrected chi connectivity index (χ3v) is 2.45. The average Bonchev–Trinajstić information content (AvgIpc) is 2.82. The maximum absolute atomic E-state index is 11.7. The quantitative estimate of drug-likeness (QED) is 0.847. The highest BCUT2D eigenvalue weighted by atomic mass is 16.2. The normalized spacial score (nSPS) is 10.0. The van der Waals surface area contributed by atoms with Gasteiger partial charge in [-0.3, -0.25) is 9.59 Å². The van der Waals surface area contributed by atoms with E-state index in [-0.39, 0.29) is 12.5 Å². The van der Waals surface area contributed by atoms with E-state index in [0.29, 0.717) is 11.3 Å². The van der Waals surface area contributed by atoms with E-state index in [1.165, 1.54) is 0 Å². The van der Waals surface area contributed by atoms with Crippen LogP contribution in [-0.2, 0) is 11.3 Å². The van der Waals surface area contributed by atoms with Crippen molar-refractivity contribution in [3.8, 4) is 0 Å². The van der Waals surface area contributed by atoms with Crippen LogP contribution in [0.3, 0.4) is 0 Å². The zero-order valence-electron chi connectivity index (χ0n) is 9.67. The van der Waals surface area contributed by atoms with Gasteiger partial charge in [0.15, 0.2) is 0 Å². The number of hydrogen-bond acceptors (Lipinski definition) is 2. The van der Waals surface area contributed by atoms with Crippen molar-refractivity contribution in [2.24, 2.45) is 5.73 Å². The van der Waals surface area contributed by atoms with Crippen molar-refractivity contribution in [1.29, 1.82) is 0 Å². The van der Waals surface area contributed by atoms with E-state index in [1.807, 2.05) is 24.5 Å². The summed E-state index contributed by atoms with van der Waals surface area (Å²) in [6.07, 6.45) is 3.63. The van der Waals surface area contributed by atoms with Crippen LogP contribution in [0.15, 0.2) is 48.8 Å². The summed E-state index contributed by atoms with van der Waals surface area (Å²) in [5, 5.41) is 2.73. The Balaban J connectivity index is 1.97. The highest BCUT2D eigenvalue weighted by molar-refractivity contribution is 5.94. The first-order chi connectivity index (χ1) is 8.65. The lowest BCUT2D eigenvalue weighted by Crippen LogP contribution is -2.18. The number of nitrogens with one attached hydrogen (secondary N) is 1. The Morgan fingerprint density at radius 2 is 1.72 bits per heavy atom. The molecule has 0 saturated carbocycles. The number of carbonyl (C=O) groups excluding carboxylic acids is 2. The van der Waals surface area contributed by atoms with Crippen LogP contribution in [-0.4, -0.2) is 16.4 Å². The number of aromatic nitrogens is 1. The van der Waals surface area contributed by atoms with E-state index < -0.39 is 5.91 Å². The molecule has 2 amide bonds. The first-order valence-electron chi connectivity index (χ1n) is 5.45. The topological polar surface area (TPSA) is 77.1 Å². The molecule has 0 aliphatic heterocycles. The summed E-state index contributed by atoms with van der Waals surface area (Å²) in [5.41, 5.74) is 6.18. The monoisotopic (exact) mass is 243 g/mol. The predicted octanol–water partition coefficient (Wildman–Crippen LogP) is 1.23. The van der Waals surface area contributed by atoms with Crippen molar-refractivity contribution in [3.05, 3.63) is 54.4 Å². The molecule has 1 aromatic carbocycles. The van der Waals surface area contributed by atoms with Crippen molar-refractivity contribution in [3.63, 3.8) is 0 Å². The van der Waals surface area contributed by atoms with Crippen molar-refractivity contribution < 1.29 is 9.59 Å². The number of nitrogens with two attached hydrogens (primary N) is 1. The minimum absolute atomic E-state index is 0.127. The number of nitrogens with zero attached hydrogens (tertiary/aromatic N) is 1. The fourth-order valence-electron chi connectivity index (χ4n) is 1.56. The number of amides is 2. The SMILES string of the molecule is NC(=O)c1ccc(NC(=O)Cn2cccc2)cc1. The summed E-state index contributed by atoms with van der Waals surface area (Å²) in [6, 6.07) is 10.2. The fourth-order valence-corrected chi connectivity index (χ4v) is 1.56. The van der Waals surface area contributed by atoms with E-state index in [4.69, 9.17) is 5.73 Å². The molecule has 0 fully saturated rings. The molecule has 5 heteroatoms. The third kappa shape index (κ3) is 2.98. The maximum atomic E-state index is 11.7. The second-order valence-electron chi connectivity index (χ2n) is 3.85. The second kappa shape index (κ2) is 5.18. The lowest BCUT2D eigenvalue weighted by atomic mass is 10.2. The molecule has 18 heavy (non-hydrogen) atoms. The lowest BCUT2D eigenvalue weighted by Gasteiger charge is -2.06. The number of primary amides is 1. The Bertz CT molecular complexity index is 544. The highest BCUT2D eigenvalue weighted by Crippen LogP contribution is 2.09. The van der Waals surface area contributed by atoms with E-state index in [0.717, 1.165) is 0 Å². The molecule has 2 rings (SSSR count). The van der Waals surface area contributed by atoms with E-state index in [9.17, 15) is 9.59 Å². The van der Waals surface area contributed by atoms with Gasteiger partial charge in [-0.25, -0.2) is 0 Å². The molecule has 0 bridgehead atoms. The predicted molar refractivity (Wildman–Crippen MR) is 68.0 cm³/mol. The molecule has 1 heterocycles. The van der Waals surface area contributed by atoms with Crippen LogP contribution >= 0.6 is 0 Å². The molecule has 0 radical (unpaired) electrons. The van der Waals surface area contributed by atoms with Gasteiger partial charge in [-0.05, 0) is 36.4 Å². The Labute approximate surface area is 104 Å². The molecule has 0 aliphatic carbocycles. The molecule has 0 saturated heterocycles. The first-order valence-corrected chi connectivity index (χ1v) is 5.45. The second-order valence-corrected chi connectivity index (χ2v) is 3.85. The van der Waals surface area contributed by atoms with Gasteiger partial charge in [0.25, 0.3) is 0 Å². The average molecular weight is 243 g/mol. The van der Waals surface area contributed by atoms with Crippen LogP contribution in [0, 0.1) is 0 Å². The van der Waals surface area contributed by atoms with Crippen molar-refractivity contribution >= 4 is 17.5 Å². The van der Waals surface area contributed by atoms with Crippen LogP contribution in [0.1, 0.15) is 10.4 Å². The largest absolute Gasteiger partial charge is 0.366 e. The van der Waals surface area contributed by atoms with E-state index in [1.54, 1.807) is 28.8 Å². The van der Waals surface area contributed by atoms with Crippen molar-refractivity contribution in [1.82, 2.24) is 4.57 Å². The molecule has 1 aromatic heterocycles. The van der Waals surface area contributed by atoms with Gasteiger partial charge < -0.3 is 15.6 Å². The minimum atomic E-state index is -0.486. The number of carbonyl (C=O) groups is 2. The molecule has 92 valence electrons. The summed E-state index contributed by atoms with van der Waals surface area (Å²) >= 11 is 0. The first kappa shape index (κ1) is 11.9. The molecule has 0 atom stereocenters. The Morgan fingerprint density at radius 3 is 2.28 bits per heavy atom. The van der Waals surface area contributed by atoms with Crippen LogP contribution in [0.4, 0.5) is 5.69 Å². The Morgan fingerprint density at radius 1 is 1.11 bits per heavy atom. The molecular weight excluding hydrogens is 230 g/mol. The Kier molecular flexibility index (Phi) is 3.43. The van der Waals surface area contributed by atoms with Crippen LogP contribution < -0.4 is 11.1 Å². The summed E-state index contributed by atoms with van der Waals surface area (Å²) < 4.78 is 1.77. The molecule has 0 aliphatic rings. The highest BCUT2D eigenvalue weighted by Gasteiger charge is 2.04. The van der Waals surface area contributed by atoms with Crippen molar-refractivity contribution in [2.75, 3.05) is 5.32 Å². The number of benzene rings is 1. The van der Waals surface area contributed by atoms with E-state index >= 15 is 0 Å². The van der Waals surface area contributed by atoms with Crippen LogP contribution in [0.5, 0.6) is 0 Å². The molecule has 5 nitrogen and oxygen atoms in total. The van der Waals surface area contributed by atoms with Gasteiger partial charge in [-0.2, -0.15) is 0 Å². The molecule has 2 aromatic rings. The zero-order valence-corrected chi connectivity index (χ0v) is 9.67. The van der Waals surface area contributed by atoms with E-state index in [2.05, 4.69) is 5.32 Å². The van der Waals surface area contributed by atoms with Gasteiger partial charge in [0, 0.05) is 23.6 Å². The van der Waals surface area contributed by atoms with Gasteiger partial charge in [-0.1, -0.05) is 0 Å². The molecule has 0 unspecified atom stereocenters. The van der Waals surface area contributed by atoms with Gasteiger partial charge in [0.2, 0.25) is 11.8 Å². The van der Waals surface area contributed by atoms with Crippen LogP contribution in [0.25, 0.3) is 0 Å². The summed E-state index contributed by atoms with van der Waals surface area (Å²) in [6.45, 7) is 0.255. The van der Waals surface area contributed by atoms with Crippen molar-refractivity contribution in [2.45, 2.75) is 6.54 Å². The van der Waals surface area contributed by atoms with Gasteiger partial charge >= 0.3 is 0 Å². The number of rotatable bonds is 4. The third-order valence-electron chi connectivity index (χ3n) is 2.45. The standard InChI is InChI=1S/C13H13N3O2/c14-13(18)10-3-5-11(6-4-10)15-12(17)9-16-7-1-2-8-16/h1-8H,9H2,(H2,14,18)(H,15,17). The Hall–Kier alpha value is -2.56. The smallest absolute Gasteiger partial charge is 0.248 e. The van der Waals surface area contributed by atoms with Gasteiger partial charge in [0.1, 0.15) is 6.54 Å². The number of anilines is 1. The number of hydrogen-bond donors (Lipinski definition) is 2. The lowest BCUT2D eigenvalue weighted by molar-refractivity contribution is -0.116. The summed E-state index contributed by atoms with van der Waals surface area (Å²) in [4.78, 5) is 22.6. The summed E-state index contributed by atoms with van der Waals surface area (Å²) in [5.74, 6) is -0.613. The van der Waals surface area contributed by atoms with Crippen LogP contribution in [0.2, 0.25) is 0 Å². The van der Waals surface area contributed by atoms with Gasteiger partial charge in [0.05, 0.1) is 0 Å². The van der Waals surface area contributed by atoms with Gasteiger partial charge in [-0.15, -0.1) is 0 Å².